The predicted molar refractivity (Wildman–Crippen MR) is 95.3 cm³/mol. The lowest BCUT2D eigenvalue weighted by molar-refractivity contribution is -0.130. The molecule has 2 heterocycles. The molecule has 1 aromatic heterocycles. The highest BCUT2D eigenvalue weighted by atomic mass is 16.3. The zero-order chi connectivity index (χ0) is 18.1. The van der Waals surface area contributed by atoms with E-state index in [9.17, 15) is 14.7 Å². The largest absolute Gasteiger partial charge is 0.385 e. The lowest BCUT2D eigenvalue weighted by Gasteiger charge is -2.41. The Bertz CT molecular complexity index is 831. The van der Waals surface area contributed by atoms with Gasteiger partial charge in [-0.05, 0) is 30.7 Å². The molecule has 1 aliphatic carbocycles. The second-order valence-electron chi connectivity index (χ2n) is 7.47. The molecule has 3 N–H and O–H groups in total. The van der Waals surface area contributed by atoms with E-state index in [4.69, 9.17) is 0 Å². The van der Waals surface area contributed by atoms with Crippen molar-refractivity contribution in [3.05, 3.63) is 52.2 Å². The van der Waals surface area contributed by atoms with Crippen molar-refractivity contribution in [2.45, 2.75) is 37.7 Å². The van der Waals surface area contributed by atoms with Crippen molar-refractivity contribution < 1.29 is 9.90 Å². The molecule has 0 radical (unpaired) electrons. The van der Waals surface area contributed by atoms with Gasteiger partial charge in [0.25, 0.3) is 0 Å². The average molecular weight is 356 g/mol. The summed E-state index contributed by atoms with van der Waals surface area (Å²) in [6.45, 7) is 1.29. The van der Waals surface area contributed by atoms with Gasteiger partial charge < -0.3 is 10.0 Å². The Morgan fingerprint density at radius 1 is 1.31 bits per heavy atom. The van der Waals surface area contributed by atoms with Gasteiger partial charge in [0.15, 0.2) is 0 Å². The summed E-state index contributed by atoms with van der Waals surface area (Å²) in [6, 6.07) is 9.84. The van der Waals surface area contributed by atoms with Gasteiger partial charge in [-0.15, -0.1) is 0 Å². The highest BCUT2D eigenvalue weighted by molar-refractivity contribution is 5.76. The number of aromatic amines is 2. The number of fused-ring (bicyclic) bond motifs is 1. The van der Waals surface area contributed by atoms with Crippen molar-refractivity contribution in [2.24, 2.45) is 11.8 Å². The van der Waals surface area contributed by atoms with E-state index in [-0.39, 0.29) is 17.5 Å². The SMILES string of the molecule is O=C(CCc1n[nH]c(=O)[nH]1)N1C[C@@H]2CCC[C@@](O)(c3ccccc3)[C@@H]2C1. The zero-order valence-electron chi connectivity index (χ0n) is 14.6. The molecule has 138 valence electrons. The van der Waals surface area contributed by atoms with Crippen LogP contribution in [-0.2, 0) is 16.8 Å². The Morgan fingerprint density at radius 3 is 2.85 bits per heavy atom. The third-order valence-corrected chi connectivity index (χ3v) is 5.94. The molecule has 2 fully saturated rings. The second-order valence-corrected chi connectivity index (χ2v) is 7.47. The number of aliphatic hydroxyl groups is 1. The van der Waals surface area contributed by atoms with E-state index in [0.717, 1.165) is 24.8 Å². The van der Waals surface area contributed by atoms with Gasteiger partial charge in [0.1, 0.15) is 5.82 Å². The van der Waals surface area contributed by atoms with Gasteiger partial charge in [-0.2, -0.15) is 5.10 Å². The van der Waals surface area contributed by atoms with E-state index in [2.05, 4.69) is 15.2 Å². The first-order valence-electron chi connectivity index (χ1n) is 9.25. The van der Waals surface area contributed by atoms with Crippen LogP contribution in [-0.4, -0.2) is 44.2 Å². The van der Waals surface area contributed by atoms with Crippen LogP contribution < -0.4 is 5.69 Å². The normalized spacial score (nSPS) is 28.1. The van der Waals surface area contributed by atoms with Crippen LogP contribution in [0.3, 0.4) is 0 Å². The van der Waals surface area contributed by atoms with Gasteiger partial charge in [0, 0.05) is 31.8 Å². The van der Waals surface area contributed by atoms with Crippen LogP contribution in [0, 0.1) is 11.8 Å². The first-order valence-corrected chi connectivity index (χ1v) is 9.25. The van der Waals surface area contributed by atoms with Crippen molar-refractivity contribution in [3.8, 4) is 0 Å². The summed E-state index contributed by atoms with van der Waals surface area (Å²) in [7, 11) is 0. The van der Waals surface area contributed by atoms with Crippen molar-refractivity contribution in [3.63, 3.8) is 0 Å². The maximum absolute atomic E-state index is 12.6. The number of amides is 1. The number of nitrogens with zero attached hydrogens (tertiary/aromatic N) is 2. The third-order valence-electron chi connectivity index (χ3n) is 5.94. The van der Waals surface area contributed by atoms with Crippen LogP contribution in [0.4, 0.5) is 0 Å². The van der Waals surface area contributed by atoms with E-state index >= 15 is 0 Å². The standard InChI is InChI=1S/C19H24N4O3/c24-17(9-8-16-20-18(25)22-21-16)23-11-13-5-4-10-19(26,15(13)12-23)14-6-2-1-3-7-14/h1-3,6-7,13,15,26H,4-5,8-12H2,(H2,20,21,22,25)/t13-,15+,19+/m0/s1. The fourth-order valence-electron chi connectivity index (χ4n) is 4.62. The molecule has 1 saturated heterocycles. The van der Waals surface area contributed by atoms with Crippen molar-refractivity contribution in [1.82, 2.24) is 20.1 Å². The molecule has 2 aliphatic rings. The monoisotopic (exact) mass is 356 g/mol. The molecule has 7 nitrogen and oxygen atoms in total. The van der Waals surface area contributed by atoms with Gasteiger partial charge >= 0.3 is 5.69 Å². The molecule has 1 saturated carbocycles. The quantitative estimate of drug-likeness (QED) is 0.765. The smallest absolute Gasteiger partial charge is 0.340 e. The number of likely N-dealkylation sites (tertiary alicyclic amines) is 1. The van der Waals surface area contributed by atoms with Crippen LogP contribution in [0.5, 0.6) is 0 Å². The summed E-state index contributed by atoms with van der Waals surface area (Å²) >= 11 is 0. The molecule has 7 heteroatoms. The van der Waals surface area contributed by atoms with E-state index in [1.54, 1.807) is 0 Å². The molecule has 26 heavy (non-hydrogen) atoms. The molecule has 1 aliphatic heterocycles. The van der Waals surface area contributed by atoms with Crippen molar-refractivity contribution in [1.29, 1.82) is 0 Å². The number of aromatic nitrogens is 3. The lowest BCUT2D eigenvalue weighted by Crippen LogP contribution is -2.42. The second kappa shape index (κ2) is 6.72. The number of hydrogen-bond acceptors (Lipinski definition) is 4. The maximum atomic E-state index is 12.6. The molecule has 4 rings (SSSR count). The number of H-pyrrole nitrogens is 2. The first kappa shape index (κ1) is 17.0. The minimum absolute atomic E-state index is 0.0543. The Hall–Kier alpha value is -2.41. The molecule has 1 aromatic carbocycles. The summed E-state index contributed by atoms with van der Waals surface area (Å²) in [5.74, 6) is 0.968. The maximum Gasteiger partial charge on any atom is 0.340 e. The van der Waals surface area contributed by atoms with Crippen LogP contribution in [0.2, 0.25) is 0 Å². The van der Waals surface area contributed by atoms with Crippen molar-refractivity contribution >= 4 is 5.91 Å². The minimum atomic E-state index is -0.855. The Labute approximate surface area is 151 Å². The Kier molecular flexibility index (Phi) is 4.40. The molecule has 3 atom stereocenters. The number of nitrogens with one attached hydrogen (secondary N) is 2. The molecule has 0 bridgehead atoms. The number of carbonyl (C=O) groups excluding carboxylic acids is 1. The zero-order valence-corrected chi connectivity index (χ0v) is 14.6. The Balaban J connectivity index is 1.45. The molecular formula is C19H24N4O3. The number of aryl methyl sites for hydroxylation is 1. The number of rotatable bonds is 4. The topological polar surface area (TPSA) is 102 Å². The molecule has 2 aromatic rings. The predicted octanol–water partition coefficient (Wildman–Crippen LogP) is 1.18. The van der Waals surface area contributed by atoms with Crippen LogP contribution >= 0.6 is 0 Å². The van der Waals surface area contributed by atoms with Gasteiger partial charge in [-0.1, -0.05) is 30.3 Å². The van der Waals surface area contributed by atoms with Crippen LogP contribution in [0.1, 0.15) is 37.1 Å². The fourth-order valence-corrected chi connectivity index (χ4v) is 4.62. The van der Waals surface area contributed by atoms with Gasteiger partial charge in [0.2, 0.25) is 5.91 Å². The molecule has 0 spiro atoms. The fraction of sp³-hybridized carbons (Fsp3) is 0.526. The summed E-state index contributed by atoms with van der Waals surface area (Å²) in [5, 5.41) is 17.6. The van der Waals surface area contributed by atoms with E-state index in [1.165, 1.54) is 0 Å². The third kappa shape index (κ3) is 3.07. The summed E-state index contributed by atoms with van der Waals surface area (Å²) in [5.41, 5.74) is -0.252. The number of carbonyl (C=O) groups is 1. The average Bonchev–Trinajstić information content (AvgIpc) is 3.28. The van der Waals surface area contributed by atoms with Crippen LogP contribution in [0.25, 0.3) is 0 Å². The number of hydrogen-bond donors (Lipinski definition) is 3. The molecule has 1 amide bonds. The molecular weight excluding hydrogens is 332 g/mol. The van der Waals surface area contributed by atoms with Crippen molar-refractivity contribution in [2.75, 3.05) is 13.1 Å². The summed E-state index contributed by atoms with van der Waals surface area (Å²) in [4.78, 5) is 28.1. The summed E-state index contributed by atoms with van der Waals surface area (Å²) in [6.07, 6.45) is 3.49. The lowest BCUT2D eigenvalue weighted by atomic mass is 9.67. The van der Waals surface area contributed by atoms with Crippen LogP contribution in [0.15, 0.2) is 35.1 Å². The Morgan fingerprint density at radius 2 is 2.12 bits per heavy atom. The van der Waals surface area contributed by atoms with E-state index in [0.29, 0.717) is 37.7 Å². The summed E-state index contributed by atoms with van der Waals surface area (Å²) < 4.78 is 0. The highest BCUT2D eigenvalue weighted by Crippen LogP contribution is 2.48. The van der Waals surface area contributed by atoms with Gasteiger partial charge in [-0.25, -0.2) is 9.89 Å². The van der Waals surface area contributed by atoms with E-state index in [1.807, 2.05) is 35.2 Å². The van der Waals surface area contributed by atoms with Gasteiger partial charge in [0.05, 0.1) is 5.60 Å². The number of benzene rings is 1. The highest BCUT2D eigenvalue weighted by Gasteiger charge is 2.50. The minimum Gasteiger partial charge on any atom is -0.385 e. The first-order chi connectivity index (χ1) is 12.6. The van der Waals surface area contributed by atoms with Gasteiger partial charge in [-0.3, -0.25) is 9.78 Å². The van der Waals surface area contributed by atoms with E-state index < -0.39 is 5.60 Å². The molecule has 0 unspecified atom stereocenters.